The number of ether oxygens (including phenoxy) is 4. The summed E-state index contributed by atoms with van der Waals surface area (Å²) in [5.41, 5.74) is 1.51. The molecule has 1 spiro atoms. The third-order valence-corrected chi connectivity index (χ3v) is 5.59. The molecule has 1 saturated heterocycles. The van der Waals surface area contributed by atoms with Gasteiger partial charge in [0.1, 0.15) is 12.2 Å². The minimum atomic E-state index is -0.940. The maximum absolute atomic E-state index is 12.4. The molecule has 29 heavy (non-hydrogen) atoms. The van der Waals surface area contributed by atoms with Crippen LogP contribution in [0.15, 0.2) is 60.7 Å². The molecule has 2 aromatic carbocycles. The third kappa shape index (κ3) is 4.51. The second kappa shape index (κ2) is 9.05. The average molecular weight is 398 g/mol. The van der Waals surface area contributed by atoms with Gasteiger partial charge in [0.15, 0.2) is 5.79 Å². The van der Waals surface area contributed by atoms with Crippen LogP contribution in [0.5, 0.6) is 0 Å². The Kier molecular flexibility index (Phi) is 6.25. The molecule has 1 N–H and O–H groups in total. The van der Waals surface area contributed by atoms with Crippen LogP contribution in [0.2, 0.25) is 0 Å². The maximum Gasteiger partial charge on any atom is 0.338 e. The first-order chi connectivity index (χ1) is 14.2. The van der Waals surface area contributed by atoms with Crippen molar-refractivity contribution in [3.63, 3.8) is 0 Å². The lowest BCUT2D eigenvalue weighted by Gasteiger charge is -2.44. The quantitative estimate of drug-likeness (QED) is 0.755. The molecule has 2 fully saturated rings. The number of benzene rings is 2. The van der Waals surface area contributed by atoms with E-state index in [1.165, 1.54) is 0 Å². The predicted molar refractivity (Wildman–Crippen MR) is 105 cm³/mol. The van der Waals surface area contributed by atoms with Crippen LogP contribution in [0.3, 0.4) is 0 Å². The Bertz CT molecular complexity index is 788. The number of esters is 1. The molecule has 1 heterocycles. The summed E-state index contributed by atoms with van der Waals surface area (Å²) >= 11 is 0. The number of hydrogen-bond donors (Lipinski definition) is 1. The summed E-state index contributed by atoms with van der Waals surface area (Å²) in [7, 11) is 0. The maximum atomic E-state index is 12.4. The number of rotatable bonds is 6. The lowest BCUT2D eigenvalue weighted by molar-refractivity contribution is -0.264. The normalized spacial score (nSPS) is 25.8. The monoisotopic (exact) mass is 398 g/mol. The van der Waals surface area contributed by atoms with E-state index >= 15 is 0 Å². The van der Waals surface area contributed by atoms with Crippen LogP contribution >= 0.6 is 0 Å². The smallest absolute Gasteiger partial charge is 0.338 e. The molecule has 2 aromatic rings. The van der Waals surface area contributed by atoms with Crippen molar-refractivity contribution in [2.24, 2.45) is 5.92 Å². The minimum absolute atomic E-state index is 0.245. The number of carbonyl (C=O) groups excluding carboxylic acids is 1. The summed E-state index contributed by atoms with van der Waals surface area (Å²) < 4.78 is 23.3. The first-order valence-electron chi connectivity index (χ1n) is 10.0. The van der Waals surface area contributed by atoms with Gasteiger partial charge in [-0.25, -0.2) is 4.79 Å². The average Bonchev–Trinajstić information content (AvgIpc) is 3.23. The van der Waals surface area contributed by atoms with E-state index in [9.17, 15) is 9.90 Å². The van der Waals surface area contributed by atoms with Crippen LogP contribution in [0.25, 0.3) is 0 Å². The molecule has 1 aliphatic carbocycles. The molecule has 4 rings (SSSR count). The summed E-state index contributed by atoms with van der Waals surface area (Å²) in [6.07, 6.45) is -0.567. The first-order valence-corrected chi connectivity index (χ1v) is 10.0. The van der Waals surface area contributed by atoms with E-state index < -0.39 is 29.9 Å². The Morgan fingerprint density at radius 1 is 1.03 bits per heavy atom. The molecule has 3 atom stereocenters. The van der Waals surface area contributed by atoms with Crippen molar-refractivity contribution in [3.8, 4) is 0 Å². The van der Waals surface area contributed by atoms with Crippen molar-refractivity contribution in [3.05, 3.63) is 71.8 Å². The second-order valence-corrected chi connectivity index (χ2v) is 7.46. The number of carbonyl (C=O) groups is 1. The molecule has 154 valence electrons. The molecule has 0 amide bonds. The second-order valence-electron chi connectivity index (χ2n) is 7.46. The highest BCUT2D eigenvalue weighted by Gasteiger charge is 2.54. The highest BCUT2D eigenvalue weighted by Crippen LogP contribution is 2.42. The summed E-state index contributed by atoms with van der Waals surface area (Å²) in [5, 5.41) is 11.0. The summed E-state index contributed by atoms with van der Waals surface area (Å²) in [4.78, 5) is 12.4. The van der Waals surface area contributed by atoms with E-state index in [-0.39, 0.29) is 6.61 Å². The van der Waals surface area contributed by atoms with Gasteiger partial charge >= 0.3 is 5.97 Å². The Morgan fingerprint density at radius 3 is 2.38 bits per heavy atom. The lowest BCUT2D eigenvalue weighted by Crippen LogP contribution is -2.56. The number of aliphatic hydroxyl groups excluding tert-OH is 1. The zero-order chi connectivity index (χ0) is 20.1. The van der Waals surface area contributed by atoms with E-state index in [2.05, 4.69) is 0 Å². The van der Waals surface area contributed by atoms with E-state index in [0.29, 0.717) is 38.2 Å². The van der Waals surface area contributed by atoms with Crippen LogP contribution < -0.4 is 0 Å². The van der Waals surface area contributed by atoms with Crippen LogP contribution in [0.4, 0.5) is 0 Å². The summed E-state index contributed by atoms with van der Waals surface area (Å²) in [6, 6.07) is 18.6. The topological polar surface area (TPSA) is 74.2 Å². The van der Waals surface area contributed by atoms with Crippen molar-refractivity contribution in [1.29, 1.82) is 0 Å². The predicted octanol–water partition coefficient (Wildman–Crippen LogP) is 2.94. The van der Waals surface area contributed by atoms with Crippen molar-refractivity contribution in [2.45, 2.75) is 37.4 Å². The van der Waals surface area contributed by atoms with Crippen LogP contribution in [0, 0.1) is 5.92 Å². The Labute approximate surface area is 170 Å². The van der Waals surface area contributed by atoms with E-state index in [1.807, 2.05) is 36.4 Å². The molecule has 6 heteroatoms. The lowest BCUT2D eigenvalue weighted by atomic mass is 9.79. The van der Waals surface area contributed by atoms with Gasteiger partial charge in [0.05, 0.1) is 37.9 Å². The minimum Gasteiger partial charge on any atom is -0.456 e. The Morgan fingerprint density at radius 2 is 1.69 bits per heavy atom. The Hall–Kier alpha value is -2.25. The molecular weight excluding hydrogens is 372 g/mol. The van der Waals surface area contributed by atoms with Gasteiger partial charge in [-0.2, -0.15) is 0 Å². The zero-order valence-electron chi connectivity index (χ0n) is 16.2. The molecule has 0 unspecified atom stereocenters. The summed E-state index contributed by atoms with van der Waals surface area (Å²) in [5.74, 6) is -1.77. The van der Waals surface area contributed by atoms with Crippen LogP contribution in [0.1, 0.15) is 28.8 Å². The van der Waals surface area contributed by atoms with E-state index in [0.717, 1.165) is 5.56 Å². The van der Waals surface area contributed by atoms with Gasteiger partial charge in [-0.3, -0.25) is 0 Å². The van der Waals surface area contributed by atoms with Gasteiger partial charge in [-0.1, -0.05) is 48.5 Å². The molecule has 6 nitrogen and oxygen atoms in total. The van der Waals surface area contributed by atoms with Crippen LogP contribution in [-0.4, -0.2) is 48.9 Å². The Balaban J connectivity index is 1.43. The largest absolute Gasteiger partial charge is 0.456 e. The molecular formula is C23H26O6. The van der Waals surface area contributed by atoms with Gasteiger partial charge in [0.25, 0.3) is 0 Å². The molecule has 0 radical (unpaired) electrons. The molecule has 2 aliphatic rings. The van der Waals surface area contributed by atoms with Gasteiger partial charge in [0, 0.05) is 6.42 Å². The van der Waals surface area contributed by atoms with Crippen molar-refractivity contribution in [2.75, 3.05) is 19.8 Å². The third-order valence-electron chi connectivity index (χ3n) is 5.59. The van der Waals surface area contributed by atoms with Crippen molar-refractivity contribution < 1.29 is 28.8 Å². The van der Waals surface area contributed by atoms with Gasteiger partial charge in [-0.15, -0.1) is 0 Å². The van der Waals surface area contributed by atoms with Crippen molar-refractivity contribution >= 4 is 5.97 Å². The number of hydrogen-bond acceptors (Lipinski definition) is 6. The van der Waals surface area contributed by atoms with E-state index in [1.54, 1.807) is 24.3 Å². The van der Waals surface area contributed by atoms with Gasteiger partial charge in [0.2, 0.25) is 0 Å². The molecule has 0 bridgehead atoms. The zero-order valence-corrected chi connectivity index (χ0v) is 16.2. The summed E-state index contributed by atoms with van der Waals surface area (Å²) in [6.45, 7) is 1.64. The first kappa shape index (κ1) is 20.0. The fourth-order valence-corrected chi connectivity index (χ4v) is 4.06. The highest BCUT2D eigenvalue weighted by atomic mass is 16.7. The fourth-order valence-electron chi connectivity index (χ4n) is 4.06. The van der Waals surface area contributed by atoms with Gasteiger partial charge in [-0.05, 0) is 24.1 Å². The van der Waals surface area contributed by atoms with Gasteiger partial charge < -0.3 is 24.1 Å². The van der Waals surface area contributed by atoms with E-state index in [4.69, 9.17) is 18.9 Å². The molecule has 1 saturated carbocycles. The number of aliphatic hydroxyl groups is 1. The SMILES string of the molecule is O=C(O[C@@H]1CCC2(OCCO2)[C@@H](COCc2ccccc2)[C@@H]1O)c1ccccc1. The standard InChI is InChI=1S/C23H26O6/c24-21-19(16-26-15-17-7-3-1-4-8-17)23(27-13-14-28-23)12-11-20(21)29-22(25)18-9-5-2-6-10-18/h1-10,19-21,24H,11-16H2/t19-,20+,21-/m0/s1. The molecule has 0 aromatic heterocycles. The van der Waals surface area contributed by atoms with Crippen LogP contribution in [-0.2, 0) is 25.6 Å². The fraction of sp³-hybridized carbons (Fsp3) is 0.435. The van der Waals surface area contributed by atoms with Crippen molar-refractivity contribution in [1.82, 2.24) is 0 Å². The molecule has 1 aliphatic heterocycles. The highest BCUT2D eigenvalue weighted by molar-refractivity contribution is 5.89.